The largest absolute Gasteiger partial charge is 0.280 e. The quantitative estimate of drug-likeness (QED) is 0.481. The van der Waals surface area contributed by atoms with Crippen LogP contribution in [0, 0.1) is 0 Å². The lowest BCUT2D eigenvalue weighted by molar-refractivity contribution is 0.948. The molecule has 0 unspecified atom stereocenters. The molecule has 1 saturated carbocycles. The van der Waals surface area contributed by atoms with Gasteiger partial charge in [0.05, 0.1) is 0 Å². The van der Waals surface area contributed by atoms with E-state index in [1.807, 2.05) is 0 Å². The zero-order chi connectivity index (χ0) is 6.20. The van der Waals surface area contributed by atoms with Crippen molar-refractivity contribution in [1.29, 1.82) is 0 Å². The second-order valence-electron chi connectivity index (χ2n) is 2.11. The molecule has 0 heterocycles. The van der Waals surface area contributed by atoms with Crippen LogP contribution in [0.3, 0.4) is 0 Å². The van der Waals surface area contributed by atoms with Crippen LogP contribution in [0.1, 0.15) is 12.8 Å². The lowest BCUT2D eigenvalue weighted by atomic mass is 10.8. The summed E-state index contributed by atoms with van der Waals surface area (Å²) < 4.78 is 0. The fraction of sp³-hybridized carbons (Fsp3) is 1.00. The highest BCUT2D eigenvalue weighted by molar-refractivity contribution is 8.11. The van der Waals surface area contributed by atoms with E-state index in [9.17, 15) is 0 Å². The van der Waals surface area contributed by atoms with Crippen LogP contribution in [0.2, 0.25) is 0 Å². The standard InChI is InChI=1S/C3H10N3PS/c4-7(5,8)6-3-1-2-3/h3H,1-2H2,(H5,4,5,6,8). The van der Waals surface area contributed by atoms with Crippen LogP contribution in [0.5, 0.6) is 0 Å². The third-order valence-electron chi connectivity index (χ3n) is 0.962. The molecular weight excluding hydrogens is 141 g/mol. The van der Waals surface area contributed by atoms with E-state index in [0.717, 1.165) is 0 Å². The van der Waals surface area contributed by atoms with Crippen LogP contribution in [0.15, 0.2) is 0 Å². The summed E-state index contributed by atoms with van der Waals surface area (Å²) in [7, 11) is 0. The minimum absolute atomic E-state index is 0.538. The van der Waals surface area contributed by atoms with Crippen molar-refractivity contribution >= 4 is 18.3 Å². The minimum atomic E-state index is -2.08. The average molecular weight is 151 g/mol. The van der Waals surface area contributed by atoms with Gasteiger partial charge in [0.2, 0.25) is 0 Å². The van der Waals surface area contributed by atoms with E-state index in [4.69, 9.17) is 22.8 Å². The van der Waals surface area contributed by atoms with Crippen LogP contribution in [0.4, 0.5) is 0 Å². The number of nitrogens with one attached hydrogen (secondary N) is 1. The Labute approximate surface area is 54.0 Å². The van der Waals surface area contributed by atoms with Crippen molar-refractivity contribution in [2.45, 2.75) is 18.9 Å². The van der Waals surface area contributed by atoms with E-state index >= 15 is 0 Å². The molecule has 0 spiro atoms. The maximum atomic E-state index is 5.37. The maximum absolute atomic E-state index is 5.37. The van der Waals surface area contributed by atoms with E-state index in [1.165, 1.54) is 12.8 Å². The molecule has 0 amide bonds. The molecule has 0 aliphatic heterocycles. The van der Waals surface area contributed by atoms with Crippen molar-refractivity contribution in [3.05, 3.63) is 0 Å². The van der Waals surface area contributed by atoms with Crippen LogP contribution in [0.25, 0.3) is 0 Å². The molecule has 0 aromatic carbocycles. The molecule has 1 rings (SSSR count). The van der Waals surface area contributed by atoms with Gasteiger partial charge in [-0.2, -0.15) is 0 Å². The second-order valence-corrected chi connectivity index (χ2v) is 5.60. The fourth-order valence-corrected chi connectivity index (χ4v) is 1.77. The predicted octanol–water partition coefficient (Wildman–Crippen LogP) is -0.120. The first-order chi connectivity index (χ1) is 3.58. The molecule has 3 nitrogen and oxygen atoms in total. The zero-order valence-electron chi connectivity index (χ0n) is 4.50. The number of hydrogen-bond donors (Lipinski definition) is 3. The van der Waals surface area contributed by atoms with Crippen molar-refractivity contribution in [3.8, 4) is 0 Å². The molecule has 8 heavy (non-hydrogen) atoms. The van der Waals surface area contributed by atoms with Gasteiger partial charge in [0, 0.05) is 6.04 Å². The van der Waals surface area contributed by atoms with Gasteiger partial charge in [-0.05, 0) is 24.6 Å². The first-order valence-electron chi connectivity index (χ1n) is 2.53. The maximum Gasteiger partial charge on any atom is 0.132 e. The number of nitrogens with two attached hydrogens (primary N) is 2. The van der Waals surface area contributed by atoms with E-state index in [-0.39, 0.29) is 0 Å². The van der Waals surface area contributed by atoms with Crippen LogP contribution in [-0.2, 0) is 11.8 Å². The lowest BCUT2D eigenvalue weighted by Gasteiger charge is -2.09. The summed E-state index contributed by atoms with van der Waals surface area (Å²) in [5.74, 6) is 0. The Balaban J connectivity index is 2.26. The highest BCUT2D eigenvalue weighted by Gasteiger charge is 2.23. The topological polar surface area (TPSA) is 64.1 Å². The summed E-state index contributed by atoms with van der Waals surface area (Å²) in [5.41, 5.74) is 10.7. The van der Waals surface area contributed by atoms with Gasteiger partial charge < -0.3 is 0 Å². The molecule has 0 aromatic heterocycles. The summed E-state index contributed by atoms with van der Waals surface area (Å²) in [6.45, 7) is -2.08. The van der Waals surface area contributed by atoms with E-state index in [0.29, 0.717) is 6.04 Å². The van der Waals surface area contributed by atoms with Crippen molar-refractivity contribution in [2.75, 3.05) is 0 Å². The molecule has 5 N–H and O–H groups in total. The van der Waals surface area contributed by atoms with Gasteiger partial charge >= 0.3 is 0 Å². The molecule has 48 valence electrons. The summed E-state index contributed by atoms with van der Waals surface area (Å²) in [5, 5.41) is 2.97. The summed E-state index contributed by atoms with van der Waals surface area (Å²) in [6.07, 6.45) is 2.37. The first-order valence-corrected chi connectivity index (χ1v) is 5.47. The number of hydrogen-bond acceptors (Lipinski definition) is 1. The molecule has 1 fully saturated rings. The molecule has 0 bridgehead atoms. The van der Waals surface area contributed by atoms with Crippen LogP contribution in [-0.4, -0.2) is 6.04 Å². The normalized spacial score (nSPS) is 21.2. The van der Waals surface area contributed by atoms with Gasteiger partial charge in [0.1, 0.15) is 6.49 Å². The smallest absolute Gasteiger partial charge is 0.132 e. The minimum Gasteiger partial charge on any atom is -0.280 e. The molecule has 1 aliphatic rings. The van der Waals surface area contributed by atoms with Crippen molar-refractivity contribution in [2.24, 2.45) is 11.0 Å². The Morgan fingerprint density at radius 3 is 2.12 bits per heavy atom. The summed E-state index contributed by atoms with van der Waals surface area (Å²) in [4.78, 5) is 0. The predicted molar refractivity (Wildman–Crippen MR) is 38.8 cm³/mol. The van der Waals surface area contributed by atoms with Gasteiger partial charge in [0.25, 0.3) is 0 Å². The van der Waals surface area contributed by atoms with Crippen molar-refractivity contribution < 1.29 is 0 Å². The van der Waals surface area contributed by atoms with Crippen LogP contribution >= 0.6 is 6.49 Å². The number of rotatable bonds is 2. The van der Waals surface area contributed by atoms with Crippen molar-refractivity contribution in [1.82, 2.24) is 5.09 Å². The molecule has 0 aromatic rings. The summed E-state index contributed by atoms with van der Waals surface area (Å²) in [6, 6.07) is 0.538. The Hall–Kier alpha value is 0.530. The van der Waals surface area contributed by atoms with Crippen molar-refractivity contribution in [3.63, 3.8) is 0 Å². The van der Waals surface area contributed by atoms with E-state index in [2.05, 4.69) is 5.09 Å². The zero-order valence-corrected chi connectivity index (χ0v) is 6.21. The van der Waals surface area contributed by atoms with Gasteiger partial charge in [-0.3, -0.25) is 16.1 Å². The first kappa shape index (κ1) is 6.65. The monoisotopic (exact) mass is 151 g/mol. The Morgan fingerprint density at radius 2 is 2.00 bits per heavy atom. The average Bonchev–Trinajstić information content (AvgIpc) is 2.12. The molecule has 0 radical (unpaired) electrons. The lowest BCUT2D eigenvalue weighted by Crippen LogP contribution is -2.23. The van der Waals surface area contributed by atoms with Crippen LogP contribution < -0.4 is 16.1 Å². The highest BCUT2D eigenvalue weighted by atomic mass is 32.4. The van der Waals surface area contributed by atoms with Gasteiger partial charge in [-0.15, -0.1) is 0 Å². The summed E-state index contributed by atoms with van der Waals surface area (Å²) >= 11 is 4.76. The highest BCUT2D eigenvalue weighted by Crippen LogP contribution is 2.29. The van der Waals surface area contributed by atoms with Gasteiger partial charge in [-0.25, -0.2) is 0 Å². The molecular formula is C3H10N3PS. The third-order valence-corrected chi connectivity index (χ3v) is 2.05. The van der Waals surface area contributed by atoms with Gasteiger partial charge in [0.15, 0.2) is 0 Å². The molecule has 5 heteroatoms. The Kier molecular flexibility index (Phi) is 1.70. The van der Waals surface area contributed by atoms with E-state index < -0.39 is 6.49 Å². The molecule has 0 saturated heterocycles. The Morgan fingerprint density at radius 1 is 1.50 bits per heavy atom. The second kappa shape index (κ2) is 2.05. The third kappa shape index (κ3) is 2.74. The van der Waals surface area contributed by atoms with Gasteiger partial charge in [-0.1, -0.05) is 0 Å². The molecule has 1 aliphatic carbocycles. The van der Waals surface area contributed by atoms with E-state index in [1.54, 1.807) is 0 Å². The SMILES string of the molecule is NP(N)(=S)NC1CC1. The fourth-order valence-electron chi connectivity index (χ4n) is 0.498. The Bertz CT molecular complexity index is 126. The molecule has 0 atom stereocenters.